The van der Waals surface area contributed by atoms with Crippen molar-refractivity contribution in [3.63, 3.8) is 0 Å². The fraction of sp³-hybridized carbons (Fsp3) is 0.625. The van der Waals surface area contributed by atoms with Crippen LogP contribution < -0.4 is 4.74 Å². The molecule has 1 fully saturated rings. The Labute approximate surface area is 125 Å². The zero-order valence-electron chi connectivity index (χ0n) is 12.7. The van der Waals surface area contributed by atoms with Crippen molar-refractivity contribution in [2.75, 3.05) is 19.7 Å². The summed E-state index contributed by atoms with van der Waals surface area (Å²) in [4.78, 5) is 17.9. The van der Waals surface area contributed by atoms with Gasteiger partial charge in [0.05, 0.1) is 12.1 Å². The molecule has 1 aromatic heterocycles. The monoisotopic (exact) mass is 292 g/mol. The third-order valence-corrected chi connectivity index (χ3v) is 4.25. The first-order valence-corrected chi connectivity index (χ1v) is 7.57. The van der Waals surface area contributed by atoms with Crippen LogP contribution in [0.15, 0.2) is 24.5 Å². The van der Waals surface area contributed by atoms with E-state index in [0.29, 0.717) is 11.8 Å². The molecular formula is C16H24N2O3. The summed E-state index contributed by atoms with van der Waals surface area (Å²) in [7, 11) is 0. The lowest BCUT2D eigenvalue weighted by Crippen LogP contribution is -2.42. The summed E-state index contributed by atoms with van der Waals surface area (Å²) < 4.78 is 5.60. The first-order valence-electron chi connectivity index (χ1n) is 7.57. The van der Waals surface area contributed by atoms with Gasteiger partial charge in [0.2, 0.25) is 0 Å². The van der Waals surface area contributed by atoms with E-state index in [0.717, 1.165) is 25.9 Å². The Kier molecular flexibility index (Phi) is 5.56. The van der Waals surface area contributed by atoms with Crippen LogP contribution in [0.4, 0.5) is 0 Å². The minimum Gasteiger partial charge on any atom is -0.491 e. The molecule has 5 heteroatoms. The molecule has 1 unspecified atom stereocenters. The SMILES string of the molecule is CC(C)N1CCC(C(COc2cccnc2)C(=O)O)CC1. The van der Waals surface area contributed by atoms with Crippen molar-refractivity contribution >= 4 is 5.97 Å². The number of carboxylic acid groups (broad SMARTS) is 1. The summed E-state index contributed by atoms with van der Waals surface area (Å²) in [5, 5.41) is 9.47. The molecule has 2 heterocycles. The van der Waals surface area contributed by atoms with Crippen LogP contribution in [0, 0.1) is 11.8 Å². The Morgan fingerprint density at radius 2 is 2.19 bits per heavy atom. The van der Waals surface area contributed by atoms with Crippen molar-refractivity contribution in [3.8, 4) is 5.75 Å². The van der Waals surface area contributed by atoms with Gasteiger partial charge in [-0.2, -0.15) is 0 Å². The Hall–Kier alpha value is -1.62. The number of piperidine rings is 1. The normalized spacial score (nSPS) is 18.6. The van der Waals surface area contributed by atoms with E-state index in [4.69, 9.17) is 4.74 Å². The van der Waals surface area contributed by atoms with Crippen molar-refractivity contribution in [2.24, 2.45) is 11.8 Å². The van der Waals surface area contributed by atoms with Gasteiger partial charge in [-0.1, -0.05) is 0 Å². The fourth-order valence-corrected chi connectivity index (χ4v) is 2.87. The molecule has 0 bridgehead atoms. The summed E-state index contributed by atoms with van der Waals surface area (Å²) in [5.41, 5.74) is 0. The molecule has 1 aliphatic heterocycles. The van der Waals surface area contributed by atoms with Gasteiger partial charge >= 0.3 is 5.97 Å². The van der Waals surface area contributed by atoms with Gasteiger partial charge in [0, 0.05) is 12.2 Å². The van der Waals surface area contributed by atoms with Crippen molar-refractivity contribution in [3.05, 3.63) is 24.5 Å². The molecule has 0 aromatic carbocycles. The average Bonchev–Trinajstić information content (AvgIpc) is 2.48. The lowest BCUT2D eigenvalue weighted by Gasteiger charge is -2.36. The van der Waals surface area contributed by atoms with Crippen molar-refractivity contribution in [1.29, 1.82) is 0 Å². The molecule has 5 nitrogen and oxygen atoms in total. The van der Waals surface area contributed by atoms with Crippen molar-refractivity contribution < 1.29 is 14.6 Å². The Bertz CT molecular complexity index is 442. The second-order valence-electron chi connectivity index (χ2n) is 5.91. The Morgan fingerprint density at radius 3 is 2.71 bits per heavy atom. The highest BCUT2D eigenvalue weighted by Gasteiger charge is 2.32. The maximum atomic E-state index is 11.5. The summed E-state index contributed by atoms with van der Waals surface area (Å²) >= 11 is 0. The zero-order valence-corrected chi connectivity index (χ0v) is 12.7. The predicted molar refractivity (Wildman–Crippen MR) is 80.3 cm³/mol. The van der Waals surface area contributed by atoms with E-state index >= 15 is 0 Å². The quantitative estimate of drug-likeness (QED) is 0.871. The standard InChI is InChI=1S/C16H24N2O3/c1-12(2)18-8-5-13(6-9-18)15(16(19)20)11-21-14-4-3-7-17-10-14/h3-4,7,10,12-13,15H,5-6,8-9,11H2,1-2H3,(H,19,20). The molecule has 116 valence electrons. The number of hydrogen-bond acceptors (Lipinski definition) is 4. The average molecular weight is 292 g/mol. The minimum atomic E-state index is -0.762. The Balaban J connectivity index is 1.89. The van der Waals surface area contributed by atoms with Gasteiger partial charge < -0.3 is 14.7 Å². The van der Waals surface area contributed by atoms with Gasteiger partial charge in [0.25, 0.3) is 0 Å². The van der Waals surface area contributed by atoms with Gasteiger partial charge in [-0.25, -0.2) is 0 Å². The van der Waals surface area contributed by atoms with E-state index in [1.807, 2.05) is 0 Å². The molecule has 0 saturated carbocycles. The Morgan fingerprint density at radius 1 is 1.48 bits per heavy atom. The molecule has 1 aliphatic rings. The van der Waals surface area contributed by atoms with Crippen molar-refractivity contribution in [2.45, 2.75) is 32.7 Å². The highest BCUT2D eigenvalue weighted by atomic mass is 16.5. The molecule has 21 heavy (non-hydrogen) atoms. The van der Waals surface area contributed by atoms with Gasteiger partial charge in [-0.3, -0.25) is 9.78 Å². The second kappa shape index (κ2) is 7.41. The number of rotatable bonds is 6. The first kappa shape index (κ1) is 15.8. The van der Waals surface area contributed by atoms with E-state index < -0.39 is 11.9 Å². The number of aromatic nitrogens is 1. The summed E-state index contributed by atoms with van der Waals surface area (Å²) in [5.74, 6) is -0.390. The number of ether oxygens (including phenoxy) is 1. The topological polar surface area (TPSA) is 62.7 Å². The number of likely N-dealkylation sites (tertiary alicyclic amines) is 1. The van der Waals surface area contributed by atoms with Gasteiger partial charge in [-0.05, 0) is 57.8 Å². The number of aliphatic carboxylic acids is 1. The maximum Gasteiger partial charge on any atom is 0.310 e. The highest BCUT2D eigenvalue weighted by molar-refractivity contribution is 5.70. The van der Waals surface area contributed by atoms with Crippen LogP contribution in [-0.4, -0.2) is 46.7 Å². The van der Waals surface area contributed by atoms with E-state index in [-0.39, 0.29) is 12.5 Å². The van der Waals surface area contributed by atoms with Crippen LogP contribution in [0.25, 0.3) is 0 Å². The van der Waals surface area contributed by atoms with Crippen LogP contribution in [0.2, 0.25) is 0 Å². The lowest BCUT2D eigenvalue weighted by molar-refractivity contribution is -0.145. The minimum absolute atomic E-state index is 0.189. The third kappa shape index (κ3) is 4.43. The van der Waals surface area contributed by atoms with Crippen LogP contribution in [-0.2, 0) is 4.79 Å². The number of carbonyl (C=O) groups is 1. The first-order chi connectivity index (χ1) is 10.1. The smallest absolute Gasteiger partial charge is 0.310 e. The molecule has 1 saturated heterocycles. The van der Waals surface area contributed by atoms with Gasteiger partial charge in [-0.15, -0.1) is 0 Å². The molecule has 0 amide bonds. The molecular weight excluding hydrogens is 268 g/mol. The second-order valence-corrected chi connectivity index (χ2v) is 5.91. The summed E-state index contributed by atoms with van der Waals surface area (Å²) in [6, 6.07) is 4.11. The van der Waals surface area contributed by atoms with Gasteiger partial charge in [0.1, 0.15) is 12.4 Å². The van der Waals surface area contributed by atoms with Crippen LogP contribution in [0.5, 0.6) is 5.75 Å². The van der Waals surface area contributed by atoms with Crippen LogP contribution in [0.1, 0.15) is 26.7 Å². The van der Waals surface area contributed by atoms with Crippen LogP contribution in [0.3, 0.4) is 0 Å². The van der Waals surface area contributed by atoms with Gasteiger partial charge in [0.15, 0.2) is 0 Å². The summed E-state index contributed by atoms with van der Waals surface area (Å²) in [6.45, 7) is 6.52. The number of carboxylic acids is 1. The lowest BCUT2D eigenvalue weighted by atomic mass is 9.84. The zero-order chi connectivity index (χ0) is 15.2. The maximum absolute atomic E-state index is 11.5. The fourth-order valence-electron chi connectivity index (χ4n) is 2.87. The van der Waals surface area contributed by atoms with Crippen molar-refractivity contribution in [1.82, 2.24) is 9.88 Å². The molecule has 1 atom stereocenters. The molecule has 1 aromatic rings. The van der Waals surface area contributed by atoms with E-state index in [9.17, 15) is 9.90 Å². The summed E-state index contributed by atoms with van der Waals surface area (Å²) in [6.07, 6.45) is 5.13. The number of hydrogen-bond donors (Lipinski definition) is 1. The molecule has 2 rings (SSSR count). The third-order valence-electron chi connectivity index (χ3n) is 4.25. The number of nitrogens with zero attached hydrogens (tertiary/aromatic N) is 2. The van der Waals surface area contributed by atoms with E-state index in [1.165, 1.54) is 0 Å². The molecule has 0 radical (unpaired) electrons. The highest BCUT2D eigenvalue weighted by Crippen LogP contribution is 2.27. The largest absolute Gasteiger partial charge is 0.491 e. The van der Waals surface area contributed by atoms with E-state index in [2.05, 4.69) is 23.7 Å². The van der Waals surface area contributed by atoms with Crippen LogP contribution >= 0.6 is 0 Å². The molecule has 0 aliphatic carbocycles. The predicted octanol–water partition coefficient (Wildman–Crippen LogP) is 2.28. The molecule has 0 spiro atoms. The van der Waals surface area contributed by atoms with E-state index in [1.54, 1.807) is 24.5 Å². The molecule has 1 N–H and O–H groups in total. The number of pyridine rings is 1.